The molecule has 0 saturated carbocycles. The first-order chi connectivity index (χ1) is 12.6. The minimum absolute atomic E-state index is 0.0845. The molecule has 0 bridgehead atoms. The lowest BCUT2D eigenvalue weighted by Crippen LogP contribution is -2.18. The maximum atomic E-state index is 12.9. The first kappa shape index (κ1) is 18.2. The summed E-state index contributed by atoms with van der Waals surface area (Å²) < 4.78 is 12.9. The lowest BCUT2D eigenvalue weighted by atomic mass is 10.0. The number of rotatable bonds is 4. The third-order valence-electron chi connectivity index (χ3n) is 3.87. The van der Waals surface area contributed by atoms with Crippen molar-refractivity contribution in [3.63, 3.8) is 0 Å². The van der Waals surface area contributed by atoms with Crippen LogP contribution in [0.4, 0.5) is 22.7 Å². The van der Waals surface area contributed by atoms with Crippen molar-refractivity contribution in [2.45, 2.75) is 16.2 Å². The third-order valence-corrected chi connectivity index (χ3v) is 5.47. The highest BCUT2D eigenvalue weighted by molar-refractivity contribution is 7.91. The Morgan fingerprint density at radius 3 is 1.78 bits per heavy atom. The molecule has 0 spiro atoms. The number of fused-ring (bicyclic) bond motifs is 2. The summed E-state index contributed by atoms with van der Waals surface area (Å²) in [5.41, 5.74) is -3.04. The Morgan fingerprint density at radius 1 is 0.741 bits per heavy atom. The van der Waals surface area contributed by atoms with Crippen molar-refractivity contribution >= 4 is 33.9 Å². The molecule has 0 aromatic heterocycles. The fourth-order valence-corrected chi connectivity index (χ4v) is 4.31. The van der Waals surface area contributed by atoms with E-state index in [0.717, 1.165) is 12.1 Å². The summed E-state index contributed by atoms with van der Waals surface area (Å²) in [5.74, 6) is 0. The normalized spacial score (nSPS) is 14.8. The predicted octanol–water partition coefficient (Wildman–Crippen LogP) is 2.39. The average molecular weight is 394 g/mol. The molecule has 1 heterocycles. The Hall–Kier alpha value is -3.65. The molecule has 0 fully saturated rings. The Bertz CT molecular complexity index is 1050. The maximum Gasteiger partial charge on any atom is 0.331 e. The van der Waals surface area contributed by atoms with E-state index in [1.807, 2.05) is 0 Å². The maximum absolute atomic E-state index is 12.9. The van der Waals surface area contributed by atoms with Gasteiger partial charge in [-0.2, -0.15) is 0 Å². The van der Waals surface area contributed by atoms with Crippen molar-refractivity contribution in [1.82, 2.24) is 0 Å². The second kappa shape index (κ2) is 6.26. The summed E-state index contributed by atoms with van der Waals surface area (Å²) in [5, 5.41) is 44.6. The third kappa shape index (κ3) is 2.91. The second-order valence-electron chi connectivity index (χ2n) is 5.37. The zero-order chi connectivity index (χ0) is 20.0. The number of benzene rings is 2. The monoisotopic (exact) mass is 394 g/mol. The number of nitro groups is 4. The highest BCUT2D eigenvalue weighted by Gasteiger charge is 2.42. The lowest BCUT2D eigenvalue weighted by molar-refractivity contribution is -0.396. The molecule has 0 N–H and O–H groups in total. The Balaban J connectivity index is 2.33. The fraction of sp³-hybridized carbons (Fsp3) is 0.0769. The minimum atomic E-state index is -2.37. The van der Waals surface area contributed by atoms with E-state index < -0.39 is 53.6 Å². The van der Waals surface area contributed by atoms with Gasteiger partial charge in [0.05, 0.1) is 43.5 Å². The van der Waals surface area contributed by atoms with Crippen LogP contribution in [0.1, 0.15) is 11.1 Å². The Kier molecular flexibility index (Phi) is 4.21. The summed E-state index contributed by atoms with van der Waals surface area (Å²) in [7, 11) is 0. The summed E-state index contributed by atoms with van der Waals surface area (Å²) in [4.78, 5) is 40.3. The Morgan fingerprint density at radius 2 is 1.26 bits per heavy atom. The number of hydrogen-bond donors (Lipinski definition) is 0. The number of hydrogen-bond acceptors (Lipinski definition) is 9. The van der Waals surface area contributed by atoms with Crippen LogP contribution in [0.3, 0.4) is 0 Å². The summed E-state index contributed by atoms with van der Waals surface area (Å²) >= 11 is -2.37. The quantitative estimate of drug-likeness (QED) is 0.424. The summed E-state index contributed by atoms with van der Waals surface area (Å²) in [6, 6.07) is 3.13. The molecule has 0 aliphatic carbocycles. The van der Waals surface area contributed by atoms with Gasteiger partial charge >= 0.3 is 5.69 Å². The molecule has 1 atom stereocenters. The highest BCUT2D eigenvalue weighted by Crippen LogP contribution is 2.45. The molecule has 138 valence electrons. The molecule has 0 radical (unpaired) electrons. The van der Waals surface area contributed by atoms with Gasteiger partial charge in [0.2, 0.25) is 4.90 Å². The molecular formula is C13H6N4O9S. The van der Waals surface area contributed by atoms with Crippen LogP contribution in [0.2, 0.25) is 0 Å². The van der Waals surface area contributed by atoms with E-state index in [0.29, 0.717) is 12.1 Å². The van der Waals surface area contributed by atoms with Crippen LogP contribution in [0.25, 0.3) is 0 Å². The van der Waals surface area contributed by atoms with E-state index in [-0.39, 0.29) is 27.3 Å². The van der Waals surface area contributed by atoms with Crippen molar-refractivity contribution in [3.8, 4) is 0 Å². The highest BCUT2D eigenvalue weighted by atomic mass is 32.2. The standard InChI is InChI=1S/C13H6N4O9S/c18-14(19)7-1-6-2-9-10(16(22)23)3-8(15(20)21)5-12(9)27(26)13(6)11(4-7)17(24)25/h1,3-5H,2H2. The molecule has 1 aliphatic rings. The van der Waals surface area contributed by atoms with E-state index in [1.54, 1.807) is 0 Å². The average Bonchev–Trinajstić information content (AvgIpc) is 2.59. The van der Waals surface area contributed by atoms with E-state index in [1.165, 1.54) is 0 Å². The fourth-order valence-electron chi connectivity index (χ4n) is 2.77. The van der Waals surface area contributed by atoms with Crippen molar-refractivity contribution in [2.24, 2.45) is 0 Å². The van der Waals surface area contributed by atoms with Crippen LogP contribution >= 0.6 is 0 Å². The molecule has 3 rings (SSSR count). The topological polar surface area (TPSA) is 196 Å². The van der Waals surface area contributed by atoms with Gasteiger partial charge in [0.1, 0.15) is 0 Å². The summed E-state index contributed by atoms with van der Waals surface area (Å²) in [6.45, 7) is 0. The van der Waals surface area contributed by atoms with Crippen LogP contribution in [0, 0.1) is 40.5 Å². The van der Waals surface area contributed by atoms with Crippen molar-refractivity contribution in [3.05, 3.63) is 75.8 Å². The molecule has 0 saturated heterocycles. The lowest BCUT2D eigenvalue weighted by Gasteiger charge is -2.20. The van der Waals surface area contributed by atoms with Gasteiger partial charge < -0.3 is 4.55 Å². The van der Waals surface area contributed by atoms with E-state index in [9.17, 15) is 45.0 Å². The number of non-ortho nitro benzene ring substituents is 2. The SMILES string of the molecule is O=[N+]([O-])c1cc2c(c([N+](=O)[O-])c1)[S+]([O-])c1cc([N+](=O)[O-])cc([N+](=O)[O-])c1C2. The van der Waals surface area contributed by atoms with E-state index in [4.69, 9.17) is 0 Å². The smallest absolute Gasteiger partial charge is 0.331 e. The van der Waals surface area contributed by atoms with Gasteiger partial charge in [-0.1, -0.05) is 0 Å². The molecule has 1 unspecified atom stereocenters. The van der Waals surface area contributed by atoms with Crippen LogP contribution in [0.5, 0.6) is 0 Å². The first-order valence-corrected chi connectivity index (χ1v) is 8.10. The van der Waals surface area contributed by atoms with Gasteiger partial charge in [0.15, 0.2) is 4.90 Å². The molecular weight excluding hydrogens is 388 g/mol. The molecule has 1 aliphatic heterocycles. The number of nitro benzene ring substituents is 4. The molecule has 2 aromatic carbocycles. The van der Waals surface area contributed by atoms with Crippen molar-refractivity contribution in [1.29, 1.82) is 0 Å². The van der Waals surface area contributed by atoms with Gasteiger partial charge in [-0.15, -0.1) is 0 Å². The minimum Gasteiger partial charge on any atom is -0.606 e. The predicted molar refractivity (Wildman–Crippen MR) is 87.0 cm³/mol. The zero-order valence-electron chi connectivity index (χ0n) is 12.9. The second-order valence-corrected chi connectivity index (χ2v) is 6.75. The van der Waals surface area contributed by atoms with Crippen LogP contribution in [-0.4, -0.2) is 24.2 Å². The van der Waals surface area contributed by atoms with Gasteiger partial charge in [-0.05, 0) is 0 Å². The molecule has 13 nitrogen and oxygen atoms in total. The van der Waals surface area contributed by atoms with Gasteiger partial charge in [-0.3, -0.25) is 40.5 Å². The zero-order valence-corrected chi connectivity index (χ0v) is 13.7. The van der Waals surface area contributed by atoms with Gasteiger partial charge in [0.25, 0.3) is 17.1 Å². The molecule has 14 heteroatoms. The van der Waals surface area contributed by atoms with Crippen molar-refractivity contribution in [2.75, 3.05) is 0 Å². The number of nitrogens with zero attached hydrogens (tertiary/aromatic N) is 4. The molecule has 2 aromatic rings. The van der Waals surface area contributed by atoms with E-state index in [2.05, 4.69) is 0 Å². The van der Waals surface area contributed by atoms with Crippen LogP contribution < -0.4 is 0 Å². The van der Waals surface area contributed by atoms with Gasteiger partial charge in [-0.25, -0.2) is 0 Å². The van der Waals surface area contributed by atoms with Crippen LogP contribution in [-0.2, 0) is 17.6 Å². The van der Waals surface area contributed by atoms with E-state index >= 15 is 0 Å². The van der Waals surface area contributed by atoms with Gasteiger partial charge in [0, 0.05) is 29.2 Å². The van der Waals surface area contributed by atoms with Crippen LogP contribution in [0.15, 0.2) is 34.1 Å². The largest absolute Gasteiger partial charge is 0.606 e. The van der Waals surface area contributed by atoms with Crippen molar-refractivity contribution < 1.29 is 24.2 Å². The first-order valence-electron chi connectivity index (χ1n) is 6.95. The summed E-state index contributed by atoms with van der Waals surface area (Å²) in [6.07, 6.45) is -0.368. The molecule has 27 heavy (non-hydrogen) atoms. The Labute approximate surface area is 151 Å². The molecule has 0 amide bonds.